The second kappa shape index (κ2) is 4.93. The zero-order chi connectivity index (χ0) is 13.8. The van der Waals surface area contributed by atoms with Crippen LogP contribution in [0, 0.1) is 0 Å². The fourth-order valence-corrected chi connectivity index (χ4v) is 2.88. The van der Waals surface area contributed by atoms with E-state index in [-0.39, 0.29) is 30.1 Å². The molecular weight excluding hydrogens is 293 g/mol. The van der Waals surface area contributed by atoms with Gasteiger partial charge >= 0.3 is 6.18 Å². The molecule has 0 unspecified atom stereocenters. The van der Waals surface area contributed by atoms with Crippen molar-refractivity contribution in [3.63, 3.8) is 0 Å². The van der Waals surface area contributed by atoms with Crippen LogP contribution in [0.2, 0.25) is 0 Å². The molecule has 1 amide bonds. The molecule has 0 aromatic heterocycles. The predicted octanol–water partition coefficient (Wildman–Crippen LogP) is 2.62. The van der Waals surface area contributed by atoms with Gasteiger partial charge in [0.2, 0.25) is 0 Å². The highest BCUT2D eigenvalue weighted by Gasteiger charge is 2.45. The monoisotopic (exact) mass is 306 g/mol. The number of amides is 1. The number of hydrogen-bond acceptors (Lipinski definition) is 2. The summed E-state index contributed by atoms with van der Waals surface area (Å²) in [6.07, 6.45) is -4.49. The van der Waals surface area contributed by atoms with Crippen LogP contribution in [0.1, 0.15) is 34.5 Å². The molecule has 0 radical (unpaired) electrons. The number of rotatable bonds is 0. The first kappa shape index (κ1) is 15.1. The van der Waals surface area contributed by atoms with E-state index >= 15 is 0 Å². The van der Waals surface area contributed by atoms with Crippen LogP contribution in [0.15, 0.2) is 18.2 Å². The lowest BCUT2D eigenvalue weighted by Gasteiger charge is -2.34. The largest absolute Gasteiger partial charge is 0.417 e. The lowest BCUT2D eigenvalue weighted by molar-refractivity contribution is -0.137. The molecule has 2 heterocycles. The fraction of sp³-hybridized carbons (Fsp3) is 0.462. The summed E-state index contributed by atoms with van der Waals surface area (Å²) in [5, 5.41) is 3.20. The molecule has 0 bridgehead atoms. The summed E-state index contributed by atoms with van der Waals surface area (Å²) in [5.74, 6) is -0.499. The third-order valence-corrected chi connectivity index (χ3v) is 3.74. The highest BCUT2D eigenvalue weighted by Crippen LogP contribution is 2.42. The minimum Gasteiger partial charge on any atom is -0.329 e. The maximum absolute atomic E-state index is 13.0. The molecule has 1 fully saturated rings. The van der Waals surface area contributed by atoms with E-state index in [1.807, 2.05) is 6.92 Å². The Hall–Kier alpha value is -1.27. The third kappa shape index (κ3) is 2.16. The molecule has 1 aromatic rings. The van der Waals surface area contributed by atoms with Crippen LogP contribution in [0.3, 0.4) is 0 Å². The number of carbonyl (C=O) groups is 1. The van der Waals surface area contributed by atoms with Gasteiger partial charge in [0, 0.05) is 19.1 Å². The van der Waals surface area contributed by atoms with Gasteiger partial charge in [0.05, 0.1) is 17.2 Å². The van der Waals surface area contributed by atoms with Gasteiger partial charge in [-0.15, -0.1) is 12.4 Å². The summed E-state index contributed by atoms with van der Waals surface area (Å²) in [4.78, 5) is 13.8. The van der Waals surface area contributed by atoms with E-state index in [1.165, 1.54) is 6.07 Å². The SMILES string of the molecule is C[C@H]1CN2C(=O)c3c(cccc3C(F)(F)F)[C@@H]2CN1.Cl. The Balaban J connectivity index is 0.00000147. The minimum atomic E-state index is -4.49. The Morgan fingerprint density at radius 2 is 2.05 bits per heavy atom. The second-order valence-corrected chi connectivity index (χ2v) is 5.05. The van der Waals surface area contributed by atoms with E-state index in [4.69, 9.17) is 0 Å². The molecule has 2 aliphatic rings. The molecule has 1 N–H and O–H groups in total. The Morgan fingerprint density at radius 3 is 2.70 bits per heavy atom. The molecule has 3 rings (SSSR count). The van der Waals surface area contributed by atoms with Crippen LogP contribution in [-0.2, 0) is 6.18 Å². The van der Waals surface area contributed by atoms with Crippen LogP contribution in [0.5, 0.6) is 0 Å². The number of piperazine rings is 1. The van der Waals surface area contributed by atoms with Gasteiger partial charge in [0.1, 0.15) is 0 Å². The van der Waals surface area contributed by atoms with Crippen LogP contribution >= 0.6 is 12.4 Å². The summed E-state index contributed by atoms with van der Waals surface area (Å²) in [5.41, 5.74) is -0.507. The molecule has 20 heavy (non-hydrogen) atoms. The number of nitrogens with one attached hydrogen (secondary N) is 1. The van der Waals surface area contributed by atoms with Crippen LogP contribution in [-0.4, -0.2) is 29.9 Å². The van der Waals surface area contributed by atoms with Gasteiger partial charge in [-0.2, -0.15) is 13.2 Å². The van der Waals surface area contributed by atoms with Crippen LogP contribution < -0.4 is 5.32 Å². The molecule has 110 valence electrons. The summed E-state index contributed by atoms with van der Waals surface area (Å²) in [7, 11) is 0. The summed E-state index contributed by atoms with van der Waals surface area (Å²) >= 11 is 0. The first-order valence-electron chi connectivity index (χ1n) is 6.14. The van der Waals surface area contributed by atoms with Crippen molar-refractivity contribution in [2.24, 2.45) is 0 Å². The molecule has 0 saturated carbocycles. The van der Waals surface area contributed by atoms with Crippen molar-refractivity contribution in [1.29, 1.82) is 0 Å². The van der Waals surface area contributed by atoms with Crippen molar-refractivity contribution < 1.29 is 18.0 Å². The van der Waals surface area contributed by atoms with Crippen molar-refractivity contribution >= 4 is 18.3 Å². The van der Waals surface area contributed by atoms with Gasteiger partial charge < -0.3 is 10.2 Å². The number of nitrogens with zero attached hydrogens (tertiary/aromatic N) is 1. The highest BCUT2D eigenvalue weighted by molar-refractivity contribution is 6.01. The van der Waals surface area contributed by atoms with Gasteiger partial charge in [0.25, 0.3) is 5.91 Å². The van der Waals surface area contributed by atoms with Gasteiger partial charge in [0.15, 0.2) is 0 Å². The van der Waals surface area contributed by atoms with Gasteiger partial charge in [-0.1, -0.05) is 12.1 Å². The fourth-order valence-electron chi connectivity index (χ4n) is 2.88. The van der Waals surface area contributed by atoms with E-state index in [2.05, 4.69) is 5.32 Å². The molecule has 1 aromatic carbocycles. The smallest absolute Gasteiger partial charge is 0.329 e. The summed E-state index contributed by atoms with van der Waals surface area (Å²) in [6, 6.07) is 3.79. The molecule has 7 heteroatoms. The molecule has 2 aliphatic heterocycles. The van der Waals surface area contributed by atoms with E-state index in [0.717, 1.165) is 6.07 Å². The summed E-state index contributed by atoms with van der Waals surface area (Å²) < 4.78 is 39.0. The molecule has 0 spiro atoms. The quantitative estimate of drug-likeness (QED) is 0.799. The Kier molecular flexibility index (Phi) is 3.73. The lowest BCUT2D eigenvalue weighted by atomic mass is 9.98. The topological polar surface area (TPSA) is 32.3 Å². The van der Waals surface area contributed by atoms with Crippen LogP contribution in [0.25, 0.3) is 0 Å². The van der Waals surface area contributed by atoms with E-state index in [9.17, 15) is 18.0 Å². The number of benzene rings is 1. The van der Waals surface area contributed by atoms with Gasteiger partial charge in [-0.3, -0.25) is 4.79 Å². The van der Waals surface area contributed by atoms with Gasteiger partial charge in [-0.25, -0.2) is 0 Å². The zero-order valence-corrected chi connectivity index (χ0v) is 11.5. The number of halogens is 4. The van der Waals surface area contributed by atoms with Crippen molar-refractivity contribution in [3.8, 4) is 0 Å². The Labute approximate surface area is 120 Å². The molecular formula is C13H14ClF3N2O. The standard InChI is InChI=1S/C13H13F3N2O.ClH/c1-7-6-18-10(5-17-7)8-3-2-4-9(13(14,15)16)11(8)12(18)19;/h2-4,7,10,17H,5-6H2,1H3;1H/t7-,10-;/m0./s1. The molecule has 0 aliphatic carbocycles. The molecule has 1 saturated heterocycles. The normalized spacial score (nSPS) is 25.0. The molecule has 2 atom stereocenters. The Morgan fingerprint density at radius 1 is 1.35 bits per heavy atom. The van der Waals surface area contributed by atoms with Crippen LogP contribution in [0.4, 0.5) is 13.2 Å². The van der Waals surface area contributed by atoms with E-state index in [0.29, 0.717) is 18.7 Å². The van der Waals surface area contributed by atoms with Gasteiger partial charge in [-0.05, 0) is 18.6 Å². The predicted molar refractivity (Wildman–Crippen MR) is 69.9 cm³/mol. The first-order chi connectivity index (χ1) is 8.89. The maximum atomic E-state index is 13.0. The maximum Gasteiger partial charge on any atom is 0.417 e. The Bertz CT molecular complexity index is 547. The minimum absolute atomic E-state index is 0. The lowest BCUT2D eigenvalue weighted by Crippen LogP contribution is -2.50. The summed E-state index contributed by atoms with van der Waals surface area (Å²) in [6.45, 7) is 2.86. The highest BCUT2D eigenvalue weighted by atomic mass is 35.5. The van der Waals surface area contributed by atoms with Crippen molar-refractivity contribution in [1.82, 2.24) is 10.2 Å². The third-order valence-electron chi connectivity index (χ3n) is 3.74. The van der Waals surface area contributed by atoms with Crippen molar-refractivity contribution in [2.75, 3.05) is 13.1 Å². The first-order valence-corrected chi connectivity index (χ1v) is 6.14. The van der Waals surface area contributed by atoms with E-state index < -0.39 is 17.6 Å². The zero-order valence-electron chi connectivity index (χ0n) is 10.7. The number of alkyl halides is 3. The molecule has 3 nitrogen and oxygen atoms in total. The van der Waals surface area contributed by atoms with Crippen molar-refractivity contribution in [3.05, 3.63) is 34.9 Å². The second-order valence-electron chi connectivity index (χ2n) is 5.05. The average Bonchev–Trinajstić information content (AvgIpc) is 2.62. The number of hydrogen-bond donors (Lipinski definition) is 1. The number of fused-ring (bicyclic) bond motifs is 3. The van der Waals surface area contributed by atoms with Crippen molar-refractivity contribution in [2.45, 2.75) is 25.2 Å². The average molecular weight is 307 g/mol. The number of carbonyl (C=O) groups excluding carboxylic acids is 1. The van der Waals surface area contributed by atoms with E-state index in [1.54, 1.807) is 11.0 Å².